The Morgan fingerprint density at radius 1 is 1.28 bits per heavy atom. The largest absolute Gasteiger partial charge is 0.507 e. The maximum absolute atomic E-state index is 11.8. The van der Waals surface area contributed by atoms with E-state index in [1.165, 1.54) is 29.1 Å². The zero-order chi connectivity index (χ0) is 27.5. The smallest absolute Gasteiger partial charge is 0.410 e. The van der Waals surface area contributed by atoms with Crippen LogP contribution in [0.5, 0.6) is 5.75 Å². The van der Waals surface area contributed by atoms with Gasteiger partial charge in [0.05, 0.1) is 7.11 Å². The van der Waals surface area contributed by atoms with Crippen LogP contribution >= 0.6 is 11.3 Å². The van der Waals surface area contributed by atoms with Gasteiger partial charge in [-0.3, -0.25) is 10.1 Å². The van der Waals surface area contributed by atoms with Crippen LogP contribution < -0.4 is 10.9 Å². The number of aryl methyl sites for hydroxylation is 2. The van der Waals surface area contributed by atoms with Gasteiger partial charge in [-0.25, -0.2) is 9.59 Å². The molecule has 0 aliphatic heterocycles. The molecule has 198 valence electrons. The molecule has 2 aromatic heterocycles. The number of alkyl carbamates (subject to hydrolysis) is 1. The predicted molar refractivity (Wildman–Crippen MR) is 143 cm³/mol. The first-order valence-corrected chi connectivity index (χ1v) is 12.3. The molecule has 0 spiro atoms. The van der Waals surface area contributed by atoms with E-state index in [-0.39, 0.29) is 23.7 Å². The van der Waals surface area contributed by atoms with Gasteiger partial charge in [-0.15, -0.1) is 24.2 Å². The summed E-state index contributed by atoms with van der Waals surface area (Å²) in [6.45, 7) is 6.45. The first kappa shape index (κ1) is 32.7. The van der Waals surface area contributed by atoms with Crippen molar-refractivity contribution < 1.29 is 28.6 Å². The van der Waals surface area contributed by atoms with Crippen molar-refractivity contribution in [2.24, 2.45) is 0 Å². The van der Waals surface area contributed by atoms with Crippen LogP contribution in [-0.4, -0.2) is 37.8 Å². The van der Waals surface area contributed by atoms with Crippen molar-refractivity contribution in [1.82, 2.24) is 5.32 Å². The molecule has 2 aromatic rings. The molecular weight excluding hydrogens is 482 g/mol. The fraction of sp³-hybridized carbons (Fsp3) is 0.444. The predicted octanol–water partition coefficient (Wildman–Crippen LogP) is 5.58. The molecule has 36 heavy (non-hydrogen) atoms. The Bertz CT molecular complexity index is 1040. The number of thiophene rings is 1. The third-order valence-electron chi connectivity index (χ3n) is 4.87. The second-order valence-corrected chi connectivity index (χ2v) is 8.97. The van der Waals surface area contributed by atoms with E-state index in [1.807, 2.05) is 18.3 Å². The number of terminal acetylenes is 1. The van der Waals surface area contributed by atoms with E-state index in [1.54, 1.807) is 20.1 Å². The number of aromatic hydroxyl groups is 1. The van der Waals surface area contributed by atoms with E-state index < -0.39 is 17.5 Å². The number of hydrogen-bond acceptors (Lipinski definition) is 8. The van der Waals surface area contributed by atoms with Gasteiger partial charge < -0.3 is 19.0 Å². The Balaban J connectivity index is 0.000000784. The summed E-state index contributed by atoms with van der Waals surface area (Å²) < 4.78 is 14.5. The lowest BCUT2D eigenvalue weighted by molar-refractivity contribution is 0.0980. The number of hydrogen-bond donors (Lipinski definition) is 2. The van der Waals surface area contributed by atoms with E-state index in [4.69, 9.17) is 9.15 Å². The lowest BCUT2D eigenvalue weighted by atomic mass is 10.0. The average Bonchev–Trinajstić information content (AvgIpc) is 3.29. The summed E-state index contributed by atoms with van der Waals surface area (Å²) in [5.74, 6) is -0.623. The summed E-state index contributed by atoms with van der Waals surface area (Å²) in [7, 11) is 3.02. The van der Waals surface area contributed by atoms with Crippen LogP contribution in [0, 0.1) is 19.8 Å². The molecule has 0 aliphatic rings. The molecule has 0 aliphatic carbocycles. The fourth-order valence-electron chi connectivity index (χ4n) is 2.94. The van der Waals surface area contributed by atoms with Crippen LogP contribution in [0.15, 0.2) is 39.7 Å². The molecule has 2 N–H and O–H groups in total. The van der Waals surface area contributed by atoms with Gasteiger partial charge in [0, 0.05) is 48.1 Å². The number of carbonyl (C=O) groups is 2. The van der Waals surface area contributed by atoms with Crippen LogP contribution in [0.4, 0.5) is 4.79 Å². The molecule has 0 fully saturated rings. The summed E-state index contributed by atoms with van der Waals surface area (Å²) in [4.78, 5) is 37.1. The molecule has 9 heteroatoms. The molecule has 1 unspecified atom stereocenters. The van der Waals surface area contributed by atoms with Crippen LogP contribution in [0.25, 0.3) is 0 Å². The normalized spacial score (nSPS) is 11.0. The van der Waals surface area contributed by atoms with Crippen LogP contribution in [0.1, 0.15) is 71.3 Å². The van der Waals surface area contributed by atoms with Crippen molar-refractivity contribution in [2.45, 2.75) is 58.8 Å². The lowest BCUT2D eigenvalue weighted by Gasteiger charge is -2.10. The molecule has 1 atom stereocenters. The first-order chi connectivity index (χ1) is 17.2. The van der Waals surface area contributed by atoms with Crippen molar-refractivity contribution >= 4 is 23.2 Å². The topological polar surface area (TPSA) is 115 Å². The first-order valence-electron chi connectivity index (χ1n) is 11.5. The van der Waals surface area contributed by atoms with Crippen LogP contribution in [0.2, 0.25) is 0 Å². The van der Waals surface area contributed by atoms with Gasteiger partial charge >= 0.3 is 11.7 Å². The fourth-order valence-corrected chi connectivity index (χ4v) is 3.88. The number of allylic oxidation sites excluding steroid dienone is 1. The second kappa shape index (κ2) is 18.9. The van der Waals surface area contributed by atoms with Gasteiger partial charge in [0.2, 0.25) is 0 Å². The number of ether oxygens (including phenoxy) is 2. The highest BCUT2D eigenvalue weighted by atomic mass is 32.1. The third-order valence-corrected chi connectivity index (χ3v) is 5.93. The quantitative estimate of drug-likeness (QED) is 0.226. The summed E-state index contributed by atoms with van der Waals surface area (Å²) in [6, 6.07) is 5.69. The number of carbonyl (C=O) groups excluding carboxylic acids is 2. The minimum Gasteiger partial charge on any atom is -0.507 e. The van der Waals surface area contributed by atoms with E-state index in [2.05, 4.69) is 42.0 Å². The van der Waals surface area contributed by atoms with Crippen molar-refractivity contribution in [3.8, 4) is 18.6 Å². The zero-order valence-electron chi connectivity index (χ0n) is 21.7. The highest BCUT2D eigenvalue weighted by molar-refractivity contribution is 7.11. The number of rotatable bonds is 11. The van der Waals surface area contributed by atoms with Crippen LogP contribution in [0.3, 0.4) is 0 Å². The molecule has 0 bridgehead atoms. The number of methoxy groups -OCH3 is 2. The minimum atomic E-state index is -0.818. The highest BCUT2D eigenvalue weighted by Gasteiger charge is 2.19. The standard InChI is InChI=1S/C16H21NO6.C9H14OS.C2H2/c1-4-11(18)14-12(19)9-13(23-15(14)20)10(2)7-5-6-8-17-16(21)22-3;1-8-5-6-9(11-8)4-3-7-10-2;1-2/h6,8-10,19H,4-5,7H2,1-3H3,(H,17,21);5-6H,3-4,7H2,1-2H3;1-2H/b8-6+;;. The molecule has 1 amide bonds. The highest BCUT2D eigenvalue weighted by Crippen LogP contribution is 2.25. The monoisotopic (exact) mass is 519 g/mol. The summed E-state index contributed by atoms with van der Waals surface area (Å²) >= 11 is 1.88. The van der Waals surface area contributed by atoms with E-state index in [0.717, 1.165) is 19.4 Å². The van der Waals surface area contributed by atoms with Crippen molar-refractivity contribution in [3.63, 3.8) is 0 Å². The van der Waals surface area contributed by atoms with Gasteiger partial charge in [-0.2, -0.15) is 0 Å². The van der Waals surface area contributed by atoms with Gasteiger partial charge in [0.15, 0.2) is 5.78 Å². The van der Waals surface area contributed by atoms with Gasteiger partial charge in [-0.1, -0.05) is 19.9 Å². The van der Waals surface area contributed by atoms with Gasteiger partial charge in [0.25, 0.3) is 0 Å². The Hall–Kier alpha value is -3.35. The molecular formula is C27H37NO7S. The number of nitrogens with one attached hydrogen (secondary N) is 1. The zero-order valence-corrected chi connectivity index (χ0v) is 22.5. The Labute approximate surface area is 217 Å². The Morgan fingerprint density at radius 3 is 2.50 bits per heavy atom. The SMILES string of the molecule is C#C.CCC(=O)c1c(O)cc(C(C)CC/C=C/NC(=O)OC)oc1=O.COCCCc1ccc(C)s1. The minimum absolute atomic E-state index is 0.116. The lowest BCUT2D eigenvalue weighted by Crippen LogP contribution is -2.16. The van der Waals surface area contributed by atoms with Gasteiger partial charge in [-0.05, 0) is 44.7 Å². The molecule has 0 saturated carbocycles. The molecule has 2 rings (SSSR count). The van der Waals surface area contributed by atoms with Crippen molar-refractivity contribution in [1.29, 1.82) is 0 Å². The van der Waals surface area contributed by atoms with E-state index >= 15 is 0 Å². The number of ketones is 1. The number of amides is 1. The summed E-state index contributed by atoms with van der Waals surface area (Å²) in [5, 5.41) is 12.3. The van der Waals surface area contributed by atoms with Crippen molar-refractivity contribution in [3.05, 3.63) is 62.0 Å². The average molecular weight is 520 g/mol. The maximum Gasteiger partial charge on any atom is 0.410 e. The Kier molecular flexibility index (Phi) is 17.2. The molecule has 0 radical (unpaired) electrons. The van der Waals surface area contributed by atoms with E-state index in [0.29, 0.717) is 18.6 Å². The van der Waals surface area contributed by atoms with Gasteiger partial charge in [0.1, 0.15) is 17.1 Å². The maximum atomic E-state index is 11.8. The Morgan fingerprint density at radius 2 is 1.97 bits per heavy atom. The molecule has 8 nitrogen and oxygen atoms in total. The summed E-state index contributed by atoms with van der Waals surface area (Å²) in [6.07, 6.45) is 14.3. The third kappa shape index (κ3) is 12.4. The van der Waals surface area contributed by atoms with Crippen molar-refractivity contribution in [2.75, 3.05) is 20.8 Å². The molecule has 0 aromatic carbocycles. The molecule has 2 heterocycles. The summed E-state index contributed by atoms with van der Waals surface area (Å²) in [5.41, 5.74) is -1.12. The molecule has 0 saturated heterocycles. The van der Waals surface area contributed by atoms with E-state index in [9.17, 15) is 19.5 Å². The van der Waals surface area contributed by atoms with Crippen LogP contribution in [-0.2, 0) is 15.9 Å². The second-order valence-electron chi connectivity index (χ2n) is 7.60. The number of Topliss-reactive ketones (excluding diaryl/α,β-unsaturated/α-hetero) is 1.